The highest BCUT2D eigenvalue weighted by molar-refractivity contribution is 7.91. The zero-order chi connectivity index (χ0) is 13.7. The van der Waals surface area contributed by atoms with E-state index in [1.165, 1.54) is 19.5 Å². The van der Waals surface area contributed by atoms with E-state index in [0.717, 1.165) is 0 Å². The quantitative estimate of drug-likeness (QED) is 0.895. The molecule has 0 saturated heterocycles. The van der Waals surface area contributed by atoms with E-state index >= 15 is 0 Å². The summed E-state index contributed by atoms with van der Waals surface area (Å²) in [4.78, 5) is 7.70. The number of aromatic nitrogens is 2. The molecule has 0 aliphatic heterocycles. The summed E-state index contributed by atoms with van der Waals surface area (Å²) in [5.41, 5.74) is 0.698. The van der Waals surface area contributed by atoms with E-state index in [1.54, 1.807) is 24.3 Å². The highest BCUT2D eigenvalue weighted by atomic mass is 32.2. The molecule has 1 heterocycles. The zero-order valence-electron chi connectivity index (χ0n) is 10.3. The van der Waals surface area contributed by atoms with Crippen LogP contribution in [0.15, 0.2) is 42.7 Å². The van der Waals surface area contributed by atoms with E-state index in [4.69, 9.17) is 4.74 Å². The second kappa shape index (κ2) is 5.66. The van der Waals surface area contributed by atoms with Crippen LogP contribution in [0.25, 0.3) is 0 Å². The minimum Gasteiger partial charge on any atom is -0.494 e. The Morgan fingerprint density at radius 1 is 1.16 bits per heavy atom. The van der Waals surface area contributed by atoms with Gasteiger partial charge in [-0.05, 0) is 5.56 Å². The van der Waals surface area contributed by atoms with Crippen molar-refractivity contribution in [1.82, 2.24) is 9.97 Å². The molecule has 100 valence electrons. The van der Waals surface area contributed by atoms with Gasteiger partial charge in [-0.2, -0.15) is 0 Å². The highest BCUT2D eigenvalue weighted by Gasteiger charge is 2.13. The van der Waals surface area contributed by atoms with Crippen molar-refractivity contribution < 1.29 is 13.2 Å². The molecule has 0 aliphatic carbocycles. The van der Waals surface area contributed by atoms with Crippen molar-refractivity contribution in [3.05, 3.63) is 48.3 Å². The Bertz CT molecular complexity index is 627. The molecule has 6 nitrogen and oxygen atoms in total. The number of sulfonamides is 1. The van der Waals surface area contributed by atoms with Crippen LogP contribution in [0.4, 0.5) is 5.95 Å². The van der Waals surface area contributed by atoms with Gasteiger partial charge in [0.25, 0.3) is 0 Å². The first kappa shape index (κ1) is 13.3. The Kier molecular flexibility index (Phi) is 3.96. The zero-order valence-corrected chi connectivity index (χ0v) is 11.1. The molecular formula is C12H13N3O3S. The van der Waals surface area contributed by atoms with Crippen LogP contribution in [0.2, 0.25) is 0 Å². The van der Waals surface area contributed by atoms with Crippen molar-refractivity contribution in [2.75, 3.05) is 11.8 Å². The molecule has 0 amide bonds. The van der Waals surface area contributed by atoms with Gasteiger partial charge in [-0.3, -0.25) is 4.72 Å². The molecule has 0 aliphatic rings. The third kappa shape index (κ3) is 3.92. The average Bonchev–Trinajstić information content (AvgIpc) is 2.39. The average molecular weight is 279 g/mol. The van der Waals surface area contributed by atoms with Crippen LogP contribution in [0.3, 0.4) is 0 Å². The van der Waals surface area contributed by atoms with E-state index in [1.807, 2.05) is 6.07 Å². The van der Waals surface area contributed by atoms with E-state index in [0.29, 0.717) is 11.3 Å². The van der Waals surface area contributed by atoms with E-state index in [9.17, 15) is 8.42 Å². The molecule has 0 saturated carbocycles. The summed E-state index contributed by atoms with van der Waals surface area (Å²) in [6.45, 7) is 0. The van der Waals surface area contributed by atoms with Crippen LogP contribution in [-0.2, 0) is 15.8 Å². The minimum atomic E-state index is -3.52. The number of anilines is 1. The Morgan fingerprint density at radius 3 is 2.37 bits per heavy atom. The predicted molar refractivity (Wildman–Crippen MR) is 71.3 cm³/mol. The molecule has 0 radical (unpaired) electrons. The highest BCUT2D eigenvalue weighted by Crippen LogP contribution is 2.11. The number of hydrogen-bond donors (Lipinski definition) is 1. The van der Waals surface area contributed by atoms with Gasteiger partial charge in [0.1, 0.15) is 0 Å². The molecule has 2 aromatic rings. The van der Waals surface area contributed by atoms with Crippen LogP contribution in [-0.4, -0.2) is 25.5 Å². The summed E-state index contributed by atoms with van der Waals surface area (Å²) in [6, 6.07) is 8.89. The summed E-state index contributed by atoms with van der Waals surface area (Å²) in [5, 5.41) is 0. The van der Waals surface area contributed by atoms with Gasteiger partial charge in [-0.15, -0.1) is 0 Å². The first-order valence-electron chi connectivity index (χ1n) is 5.49. The maximum absolute atomic E-state index is 11.9. The van der Waals surface area contributed by atoms with Gasteiger partial charge in [0, 0.05) is 0 Å². The van der Waals surface area contributed by atoms with E-state index in [2.05, 4.69) is 14.7 Å². The standard InChI is InChI=1S/C12H13N3O3S/c1-18-11-7-13-12(14-8-11)15-19(16,17)9-10-5-3-2-4-6-10/h2-8H,9H2,1H3,(H,13,14,15). The third-order valence-electron chi connectivity index (χ3n) is 2.31. The number of nitrogens with zero attached hydrogens (tertiary/aromatic N) is 2. The monoisotopic (exact) mass is 279 g/mol. The molecule has 1 aromatic heterocycles. The summed E-state index contributed by atoms with van der Waals surface area (Å²) in [5.74, 6) is 0.367. The van der Waals surface area contributed by atoms with Gasteiger partial charge in [-0.1, -0.05) is 30.3 Å². The summed E-state index contributed by atoms with van der Waals surface area (Å²) < 4.78 is 31.0. The molecule has 19 heavy (non-hydrogen) atoms. The minimum absolute atomic E-state index is 0.0248. The van der Waals surface area contributed by atoms with Crippen LogP contribution >= 0.6 is 0 Å². The van der Waals surface area contributed by atoms with Gasteiger partial charge in [0.05, 0.1) is 25.3 Å². The number of benzene rings is 1. The molecule has 0 atom stereocenters. The fourth-order valence-electron chi connectivity index (χ4n) is 1.44. The van der Waals surface area contributed by atoms with Crippen LogP contribution < -0.4 is 9.46 Å². The summed E-state index contributed by atoms with van der Waals surface area (Å²) in [6.07, 6.45) is 2.79. The number of ether oxygens (including phenoxy) is 1. The normalized spacial score (nSPS) is 11.0. The van der Waals surface area contributed by atoms with Crippen molar-refractivity contribution in [3.63, 3.8) is 0 Å². The van der Waals surface area contributed by atoms with Gasteiger partial charge >= 0.3 is 0 Å². The lowest BCUT2D eigenvalue weighted by Gasteiger charge is -2.06. The number of hydrogen-bond acceptors (Lipinski definition) is 5. The van der Waals surface area contributed by atoms with Crippen LogP contribution in [0, 0.1) is 0 Å². The molecule has 0 spiro atoms. The molecule has 7 heteroatoms. The van der Waals surface area contributed by atoms with Crippen LogP contribution in [0.5, 0.6) is 5.75 Å². The molecule has 2 rings (SSSR count). The number of methoxy groups -OCH3 is 1. The van der Waals surface area contributed by atoms with Crippen LogP contribution in [0.1, 0.15) is 5.56 Å². The molecular weight excluding hydrogens is 266 g/mol. The van der Waals surface area contributed by atoms with Crippen molar-refractivity contribution in [3.8, 4) is 5.75 Å². The van der Waals surface area contributed by atoms with Gasteiger partial charge < -0.3 is 4.74 Å². The Morgan fingerprint density at radius 2 is 1.79 bits per heavy atom. The SMILES string of the molecule is COc1cnc(NS(=O)(=O)Cc2ccccc2)nc1. The second-order valence-electron chi connectivity index (χ2n) is 3.79. The maximum Gasteiger partial charge on any atom is 0.239 e. The largest absolute Gasteiger partial charge is 0.494 e. The van der Waals surface area contributed by atoms with E-state index in [-0.39, 0.29) is 11.7 Å². The summed E-state index contributed by atoms with van der Waals surface area (Å²) in [7, 11) is -2.04. The lowest BCUT2D eigenvalue weighted by Crippen LogP contribution is -2.16. The fraction of sp³-hybridized carbons (Fsp3) is 0.167. The fourth-order valence-corrected chi connectivity index (χ4v) is 2.53. The van der Waals surface area contributed by atoms with Gasteiger partial charge in [0.15, 0.2) is 5.75 Å². The number of nitrogens with one attached hydrogen (secondary N) is 1. The number of rotatable bonds is 5. The first-order chi connectivity index (χ1) is 9.09. The Balaban J connectivity index is 2.08. The summed E-state index contributed by atoms with van der Waals surface area (Å²) >= 11 is 0. The van der Waals surface area contributed by atoms with Crippen molar-refractivity contribution >= 4 is 16.0 Å². The molecule has 1 aromatic carbocycles. The van der Waals surface area contributed by atoms with Gasteiger partial charge in [-0.25, -0.2) is 18.4 Å². The molecule has 1 N–H and O–H groups in total. The molecule has 0 unspecified atom stereocenters. The molecule has 0 bridgehead atoms. The molecule has 0 fully saturated rings. The first-order valence-corrected chi connectivity index (χ1v) is 7.15. The van der Waals surface area contributed by atoms with Crippen molar-refractivity contribution in [1.29, 1.82) is 0 Å². The smallest absolute Gasteiger partial charge is 0.239 e. The topological polar surface area (TPSA) is 81.2 Å². The lowest BCUT2D eigenvalue weighted by atomic mass is 10.2. The Hall–Kier alpha value is -2.15. The second-order valence-corrected chi connectivity index (χ2v) is 5.52. The Labute approximate surface area is 111 Å². The third-order valence-corrected chi connectivity index (χ3v) is 3.52. The predicted octanol–water partition coefficient (Wildman–Crippen LogP) is 1.43. The lowest BCUT2D eigenvalue weighted by molar-refractivity contribution is 0.411. The van der Waals surface area contributed by atoms with E-state index < -0.39 is 10.0 Å². The van der Waals surface area contributed by atoms with Crippen molar-refractivity contribution in [2.24, 2.45) is 0 Å². The van der Waals surface area contributed by atoms with Crippen molar-refractivity contribution in [2.45, 2.75) is 5.75 Å². The van der Waals surface area contributed by atoms with Gasteiger partial charge in [0.2, 0.25) is 16.0 Å². The maximum atomic E-state index is 11.9.